The van der Waals surface area contributed by atoms with Crippen LogP contribution in [0.5, 0.6) is 5.75 Å². The number of benzene rings is 3. The molecule has 0 saturated carbocycles. The summed E-state index contributed by atoms with van der Waals surface area (Å²) in [4.78, 5) is 28.4. The number of amides is 2. The summed E-state index contributed by atoms with van der Waals surface area (Å²) in [5, 5.41) is 3.07. The van der Waals surface area contributed by atoms with Crippen molar-refractivity contribution in [2.75, 3.05) is 19.0 Å². The van der Waals surface area contributed by atoms with Gasteiger partial charge < -0.3 is 15.0 Å². The summed E-state index contributed by atoms with van der Waals surface area (Å²) in [7, 11) is 1.69. The lowest BCUT2D eigenvalue weighted by molar-refractivity contribution is 0.0982. The van der Waals surface area contributed by atoms with Crippen molar-refractivity contribution in [1.82, 2.24) is 4.90 Å². The highest BCUT2D eigenvalue weighted by Gasteiger charge is 2.38. The molecule has 3 aromatic carbocycles. The van der Waals surface area contributed by atoms with E-state index in [1.54, 1.807) is 13.2 Å². The summed E-state index contributed by atoms with van der Waals surface area (Å²) < 4.78 is 5.49. The van der Waals surface area contributed by atoms with Crippen LogP contribution in [-0.2, 0) is 6.42 Å². The lowest BCUT2D eigenvalue weighted by Crippen LogP contribution is -2.42. The number of anilines is 1. The smallest absolute Gasteiger partial charge is 0.322 e. The first-order chi connectivity index (χ1) is 17.5. The van der Waals surface area contributed by atoms with Crippen LogP contribution in [0.2, 0.25) is 0 Å². The van der Waals surface area contributed by atoms with Gasteiger partial charge in [-0.3, -0.25) is 4.79 Å². The highest BCUT2D eigenvalue weighted by atomic mass is 16.5. The second kappa shape index (κ2) is 10.0. The molecule has 1 aliphatic heterocycles. The van der Waals surface area contributed by atoms with Crippen molar-refractivity contribution in [3.8, 4) is 5.75 Å². The molecular weight excluding hydrogens is 448 g/mol. The van der Waals surface area contributed by atoms with E-state index in [0.29, 0.717) is 24.2 Å². The third-order valence-electron chi connectivity index (χ3n) is 7.26. The fraction of sp³-hybridized carbons (Fsp3) is 0.290. The molecule has 1 unspecified atom stereocenters. The van der Waals surface area contributed by atoms with Crippen LogP contribution in [0.3, 0.4) is 0 Å². The molecule has 0 radical (unpaired) electrons. The van der Waals surface area contributed by atoms with Gasteiger partial charge in [-0.1, -0.05) is 55.0 Å². The SMILES string of the molecule is CCCC(=O)c1ccccc1NC(=O)N1CCC2=C(Cc3ccc(OC)cc32)C1c1ccc(C)cc1. The van der Waals surface area contributed by atoms with Gasteiger partial charge in [0.2, 0.25) is 0 Å². The molecule has 0 bridgehead atoms. The van der Waals surface area contributed by atoms with E-state index in [1.807, 2.05) is 36.1 Å². The first kappa shape index (κ1) is 23.9. The minimum atomic E-state index is -0.183. The summed E-state index contributed by atoms with van der Waals surface area (Å²) in [6.45, 7) is 4.65. The highest BCUT2D eigenvalue weighted by Crippen LogP contribution is 2.47. The van der Waals surface area contributed by atoms with Crippen LogP contribution in [0, 0.1) is 6.92 Å². The molecule has 0 spiro atoms. The Balaban J connectivity index is 1.51. The van der Waals surface area contributed by atoms with Crippen molar-refractivity contribution in [3.05, 3.63) is 100 Å². The number of hydrogen-bond donors (Lipinski definition) is 1. The average Bonchev–Trinajstić information content (AvgIpc) is 3.27. The van der Waals surface area contributed by atoms with Gasteiger partial charge in [-0.05, 0) is 78.3 Å². The van der Waals surface area contributed by atoms with Crippen LogP contribution in [0.4, 0.5) is 10.5 Å². The van der Waals surface area contributed by atoms with Crippen LogP contribution < -0.4 is 10.1 Å². The van der Waals surface area contributed by atoms with Crippen LogP contribution in [-0.4, -0.2) is 30.4 Å². The van der Waals surface area contributed by atoms with Crippen LogP contribution in [0.1, 0.15) is 64.8 Å². The van der Waals surface area contributed by atoms with E-state index in [-0.39, 0.29) is 17.9 Å². The maximum Gasteiger partial charge on any atom is 0.322 e. The minimum absolute atomic E-state index is 0.0484. The molecule has 5 rings (SSSR count). The van der Waals surface area contributed by atoms with E-state index < -0.39 is 0 Å². The van der Waals surface area contributed by atoms with Gasteiger partial charge in [0.15, 0.2) is 5.78 Å². The molecule has 0 aromatic heterocycles. The fourth-order valence-corrected chi connectivity index (χ4v) is 5.44. The number of ether oxygens (including phenoxy) is 1. The molecule has 0 saturated heterocycles. The number of para-hydroxylation sites is 1. The second-order valence-electron chi connectivity index (χ2n) is 9.61. The highest BCUT2D eigenvalue weighted by molar-refractivity contribution is 6.04. The molecule has 5 heteroatoms. The Morgan fingerprint density at radius 1 is 1.06 bits per heavy atom. The average molecular weight is 481 g/mol. The number of urea groups is 1. The molecule has 1 heterocycles. The number of fused-ring (bicyclic) bond motifs is 2. The Morgan fingerprint density at radius 3 is 2.58 bits per heavy atom. The number of carbonyl (C=O) groups excluding carboxylic acids is 2. The quantitative estimate of drug-likeness (QED) is 0.387. The van der Waals surface area contributed by atoms with E-state index in [2.05, 4.69) is 48.6 Å². The molecule has 3 aromatic rings. The summed E-state index contributed by atoms with van der Waals surface area (Å²) in [6, 6.07) is 21.7. The molecule has 2 aliphatic rings. The maximum absolute atomic E-state index is 13.8. The molecule has 5 nitrogen and oxygen atoms in total. The van der Waals surface area contributed by atoms with E-state index >= 15 is 0 Å². The Hall–Kier alpha value is -3.86. The summed E-state index contributed by atoms with van der Waals surface area (Å²) >= 11 is 0. The third-order valence-corrected chi connectivity index (χ3v) is 7.26. The Bertz CT molecular complexity index is 1340. The van der Waals surface area contributed by atoms with Crippen molar-refractivity contribution in [2.45, 2.75) is 45.6 Å². The summed E-state index contributed by atoms with van der Waals surface area (Å²) in [5.74, 6) is 0.898. The fourth-order valence-electron chi connectivity index (χ4n) is 5.44. The topological polar surface area (TPSA) is 58.6 Å². The molecule has 0 fully saturated rings. The molecule has 2 amide bonds. The molecular formula is C31H32N2O3. The van der Waals surface area contributed by atoms with Gasteiger partial charge in [-0.25, -0.2) is 4.79 Å². The van der Waals surface area contributed by atoms with Crippen LogP contribution >= 0.6 is 0 Å². The second-order valence-corrected chi connectivity index (χ2v) is 9.61. The zero-order valence-electron chi connectivity index (χ0n) is 21.1. The van der Waals surface area contributed by atoms with Gasteiger partial charge in [0, 0.05) is 18.5 Å². The predicted octanol–water partition coefficient (Wildman–Crippen LogP) is 6.98. The monoisotopic (exact) mass is 480 g/mol. The number of nitrogens with one attached hydrogen (secondary N) is 1. The van der Waals surface area contributed by atoms with Gasteiger partial charge in [0.05, 0.1) is 18.8 Å². The maximum atomic E-state index is 13.8. The lowest BCUT2D eigenvalue weighted by atomic mass is 9.88. The molecule has 184 valence electrons. The van der Waals surface area contributed by atoms with Crippen molar-refractivity contribution >= 4 is 23.1 Å². The standard InChI is InChI=1S/C31H32N2O3/c1-4-7-29(34)25-8-5-6-9-28(25)32-31(35)33-17-16-24-26-19-23(36-3)15-14-22(26)18-27(24)30(33)21-12-10-20(2)11-13-21/h5-6,8-15,19,30H,4,7,16-18H2,1-3H3,(H,32,35). The minimum Gasteiger partial charge on any atom is -0.497 e. The lowest BCUT2D eigenvalue weighted by Gasteiger charge is -2.38. The van der Waals surface area contributed by atoms with Crippen molar-refractivity contribution in [1.29, 1.82) is 0 Å². The predicted molar refractivity (Wildman–Crippen MR) is 144 cm³/mol. The summed E-state index contributed by atoms with van der Waals surface area (Å²) in [6.07, 6.45) is 2.82. The number of aryl methyl sites for hydroxylation is 1. The first-order valence-corrected chi connectivity index (χ1v) is 12.7. The molecule has 1 N–H and O–H groups in total. The number of carbonyl (C=O) groups is 2. The van der Waals surface area contributed by atoms with Crippen LogP contribution in [0.15, 0.2) is 72.3 Å². The Labute approximate surface area is 212 Å². The van der Waals surface area contributed by atoms with E-state index in [0.717, 1.165) is 30.6 Å². The van der Waals surface area contributed by atoms with Crippen molar-refractivity contribution < 1.29 is 14.3 Å². The van der Waals surface area contributed by atoms with E-state index in [4.69, 9.17) is 4.74 Å². The Kier molecular flexibility index (Phi) is 6.64. The summed E-state index contributed by atoms with van der Waals surface area (Å²) in [5.41, 5.74) is 8.50. The normalized spacial score (nSPS) is 16.4. The third kappa shape index (κ3) is 4.41. The van der Waals surface area contributed by atoms with Crippen molar-refractivity contribution in [3.63, 3.8) is 0 Å². The number of hydrogen-bond acceptors (Lipinski definition) is 3. The van der Waals surface area contributed by atoms with Crippen molar-refractivity contribution in [2.24, 2.45) is 0 Å². The molecule has 1 atom stereocenters. The zero-order valence-corrected chi connectivity index (χ0v) is 21.1. The molecule has 1 aliphatic carbocycles. The number of rotatable bonds is 6. The molecule has 36 heavy (non-hydrogen) atoms. The van der Waals surface area contributed by atoms with Gasteiger partial charge in [-0.15, -0.1) is 0 Å². The largest absolute Gasteiger partial charge is 0.497 e. The van der Waals surface area contributed by atoms with Gasteiger partial charge >= 0.3 is 6.03 Å². The number of Topliss-reactive ketones (excluding diaryl/α,β-unsaturated/α-hetero) is 1. The zero-order chi connectivity index (χ0) is 25.2. The van der Waals surface area contributed by atoms with Gasteiger partial charge in [0.1, 0.15) is 5.75 Å². The van der Waals surface area contributed by atoms with E-state index in [9.17, 15) is 9.59 Å². The number of ketones is 1. The number of nitrogens with zero attached hydrogens (tertiary/aromatic N) is 1. The van der Waals surface area contributed by atoms with Gasteiger partial charge in [0.25, 0.3) is 0 Å². The van der Waals surface area contributed by atoms with Gasteiger partial charge in [-0.2, -0.15) is 0 Å². The van der Waals surface area contributed by atoms with E-state index in [1.165, 1.54) is 27.8 Å². The van der Waals surface area contributed by atoms with Crippen LogP contribution in [0.25, 0.3) is 5.57 Å². The first-order valence-electron chi connectivity index (χ1n) is 12.7. The Morgan fingerprint density at radius 2 is 1.83 bits per heavy atom. The number of methoxy groups -OCH3 is 1.